The lowest BCUT2D eigenvalue weighted by Gasteiger charge is -2.35. The smallest absolute Gasteiger partial charge is 0.143 e. The van der Waals surface area contributed by atoms with Gasteiger partial charge in [0.15, 0.2) is 0 Å². The third kappa shape index (κ3) is 3.06. The molecule has 1 aliphatic rings. The lowest BCUT2D eigenvalue weighted by Crippen LogP contribution is -2.38. The van der Waals surface area contributed by atoms with Gasteiger partial charge in [0.1, 0.15) is 11.9 Å². The molecule has 1 aliphatic heterocycles. The van der Waals surface area contributed by atoms with E-state index in [0.29, 0.717) is 6.54 Å². The van der Waals surface area contributed by atoms with Crippen molar-refractivity contribution in [2.45, 2.75) is 46.9 Å². The fourth-order valence-corrected chi connectivity index (χ4v) is 3.25. The van der Waals surface area contributed by atoms with Crippen LogP contribution in [-0.2, 0) is 13.1 Å². The van der Waals surface area contributed by atoms with Crippen LogP contribution < -0.4 is 9.64 Å². The van der Waals surface area contributed by atoms with Gasteiger partial charge < -0.3 is 14.7 Å². The Bertz CT molecular complexity index is 709. The van der Waals surface area contributed by atoms with Crippen LogP contribution in [0.25, 0.3) is 0 Å². The minimum atomic E-state index is 0.109. The van der Waals surface area contributed by atoms with Gasteiger partial charge in [0.2, 0.25) is 0 Å². The van der Waals surface area contributed by atoms with Crippen LogP contribution in [0, 0.1) is 20.8 Å². The van der Waals surface area contributed by atoms with Crippen LogP contribution in [0.3, 0.4) is 0 Å². The number of nitrogens with zero attached hydrogens (tertiary/aromatic N) is 3. The van der Waals surface area contributed by atoms with E-state index in [2.05, 4.69) is 49.0 Å². The predicted octanol–water partition coefficient (Wildman–Crippen LogP) is 2.59. The van der Waals surface area contributed by atoms with Crippen molar-refractivity contribution in [3.05, 3.63) is 40.7 Å². The number of rotatable bonds is 4. The van der Waals surface area contributed by atoms with Crippen molar-refractivity contribution in [2.75, 3.05) is 18.1 Å². The molecular formula is C18H25N3O2. The molecule has 23 heavy (non-hydrogen) atoms. The van der Waals surface area contributed by atoms with Gasteiger partial charge in [0.05, 0.1) is 31.1 Å². The van der Waals surface area contributed by atoms with Crippen LogP contribution in [0.4, 0.5) is 5.69 Å². The van der Waals surface area contributed by atoms with E-state index in [1.54, 1.807) is 0 Å². The maximum atomic E-state index is 9.17. The predicted molar refractivity (Wildman–Crippen MR) is 91.1 cm³/mol. The molecule has 3 rings (SSSR count). The third-order valence-corrected chi connectivity index (χ3v) is 4.45. The molecule has 0 unspecified atom stereocenters. The first kappa shape index (κ1) is 15.9. The van der Waals surface area contributed by atoms with E-state index in [0.717, 1.165) is 35.9 Å². The summed E-state index contributed by atoms with van der Waals surface area (Å²) < 4.78 is 7.86. The minimum Gasteiger partial charge on any atom is -0.487 e. The SMILES string of the molecule is Cc1ccc2c(c1)N(Cc1c(C)nn(CCO)c1C)C[C@@H](C)O2. The van der Waals surface area contributed by atoms with Gasteiger partial charge in [0, 0.05) is 17.8 Å². The Hall–Kier alpha value is -2.01. The Morgan fingerprint density at radius 3 is 2.83 bits per heavy atom. The zero-order chi connectivity index (χ0) is 16.6. The largest absolute Gasteiger partial charge is 0.487 e. The molecule has 1 aromatic heterocycles. The second-order valence-corrected chi connectivity index (χ2v) is 6.38. The van der Waals surface area contributed by atoms with Gasteiger partial charge in [-0.25, -0.2) is 0 Å². The van der Waals surface area contributed by atoms with Crippen LogP contribution in [0.15, 0.2) is 18.2 Å². The van der Waals surface area contributed by atoms with Crippen LogP contribution in [0.1, 0.15) is 29.4 Å². The van der Waals surface area contributed by atoms with Crippen molar-refractivity contribution in [1.82, 2.24) is 9.78 Å². The number of aliphatic hydroxyl groups excluding tert-OH is 1. The van der Waals surface area contributed by atoms with E-state index in [1.165, 1.54) is 11.1 Å². The van der Waals surface area contributed by atoms with E-state index < -0.39 is 0 Å². The lowest BCUT2D eigenvalue weighted by molar-refractivity contribution is 0.212. The van der Waals surface area contributed by atoms with Crippen LogP contribution in [0.5, 0.6) is 5.75 Å². The standard InChI is InChI=1S/C18H25N3O2/c1-12-5-6-18-17(9-12)20(10-13(2)23-18)11-16-14(3)19-21(7-8-22)15(16)4/h5-6,9,13,22H,7-8,10-11H2,1-4H3/t13-/m1/s1. The average molecular weight is 315 g/mol. The van der Waals surface area contributed by atoms with Crippen LogP contribution in [-0.4, -0.2) is 34.1 Å². The summed E-state index contributed by atoms with van der Waals surface area (Å²) in [6.07, 6.45) is 0.165. The highest BCUT2D eigenvalue weighted by Crippen LogP contribution is 2.35. The molecule has 0 aliphatic carbocycles. The number of aliphatic hydroxyl groups is 1. The molecule has 2 aromatic rings. The van der Waals surface area contributed by atoms with Crippen molar-refractivity contribution in [2.24, 2.45) is 0 Å². The first-order valence-corrected chi connectivity index (χ1v) is 8.15. The number of aromatic nitrogens is 2. The first-order valence-electron chi connectivity index (χ1n) is 8.15. The molecule has 1 N–H and O–H groups in total. The van der Waals surface area contributed by atoms with E-state index in [9.17, 15) is 5.11 Å². The number of aryl methyl sites for hydroxylation is 2. The number of fused-ring (bicyclic) bond motifs is 1. The van der Waals surface area contributed by atoms with Gasteiger partial charge in [-0.2, -0.15) is 5.10 Å². The zero-order valence-electron chi connectivity index (χ0n) is 14.3. The summed E-state index contributed by atoms with van der Waals surface area (Å²) in [5.74, 6) is 0.951. The van der Waals surface area contributed by atoms with E-state index in [4.69, 9.17) is 4.74 Å². The molecule has 5 heteroatoms. The summed E-state index contributed by atoms with van der Waals surface area (Å²) in [6.45, 7) is 10.6. The Labute approximate surface area is 137 Å². The van der Waals surface area contributed by atoms with Crippen LogP contribution in [0.2, 0.25) is 0 Å². The summed E-state index contributed by atoms with van der Waals surface area (Å²) in [6, 6.07) is 6.33. The summed E-state index contributed by atoms with van der Waals surface area (Å²) >= 11 is 0. The molecule has 124 valence electrons. The molecule has 0 amide bonds. The van der Waals surface area contributed by atoms with Gasteiger partial charge >= 0.3 is 0 Å². The first-order chi connectivity index (χ1) is 11.0. The molecule has 0 bridgehead atoms. The van der Waals surface area contributed by atoms with Crippen molar-refractivity contribution < 1.29 is 9.84 Å². The van der Waals surface area contributed by atoms with Gasteiger partial charge in [0.25, 0.3) is 0 Å². The molecule has 0 saturated heterocycles. The summed E-state index contributed by atoms with van der Waals surface area (Å²) in [7, 11) is 0. The number of benzene rings is 1. The number of hydrogen-bond acceptors (Lipinski definition) is 4. The number of hydrogen-bond donors (Lipinski definition) is 1. The Morgan fingerprint density at radius 2 is 2.09 bits per heavy atom. The van der Waals surface area contributed by atoms with E-state index in [1.807, 2.05) is 11.6 Å². The molecule has 0 radical (unpaired) electrons. The molecule has 0 fully saturated rings. The minimum absolute atomic E-state index is 0.109. The van der Waals surface area contributed by atoms with Gasteiger partial charge in [-0.1, -0.05) is 6.07 Å². The average Bonchev–Trinajstić information content (AvgIpc) is 2.76. The second-order valence-electron chi connectivity index (χ2n) is 6.38. The maximum absolute atomic E-state index is 9.17. The molecule has 0 spiro atoms. The number of anilines is 1. The maximum Gasteiger partial charge on any atom is 0.143 e. The Balaban J connectivity index is 1.93. The Kier molecular flexibility index (Phi) is 4.31. The quantitative estimate of drug-likeness (QED) is 0.942. The normalized spacial score (nSPS) is 17.1. The van der Waals surface area contributed by atoms with E-state index >= 15 is 0 Å². The van der Waals surface area contributed by atoms with Crippen molar-refractivity contribution >= 4 is 5.69 Å². The van der Waals surface area contributed by atoms with Gasteiger partial charge in [-0.3, -0.25) is 4.68 Å². The molecular weight excluding hydrogens is 290 g/mol. The van der Waals surface area contributed by atoms with Crippen molar-refractivity contribution in [3.8, 4) is 5.75 Å². The molecule has 2 heterocycles. The lowest BCUT2D eigenvalue weighted by atomic mass is 10.1. The topological polar surface area (TPSA) is 50.5 Å². The zero-order valence-corrected chi connectivity index (χ0v) is 14.3. The molecule has 0 saturated carbocycles. The fourth-order valence-electron chi connectivity index (χ4n) is 3.25. The highest BCUT2D eigenvalue weighted by Gasteiger charge is 2.25. The van der Waals surface area contributed by atoms with Crippen molar-refractivity contribution in [3.63, 3.8) is 0 Å². The van der Waals surface area contributed by atoms with E-state index in [-0.39, 0.29) is 12.7 Å². The summed E-state index contributed by atoms with van der Waals surface area (Å²) in [5.41, 5.74) is 5.78. The highest BCUT2D eigenvalue weighted by atomic mass is 16.5. The highest BCUT2D eigenvalue weighted by molar-refractivity contribution is 5.62. The molecule has 1 aromatic carbocycles. The molecule has 1 atom stereocenters. The second kappa shape index (κ2) is 6.24. The van der Waals surface area contributed by atoms with Crippen molar-refractivity contribution in [1.29, 1.82) is 0 Å². The number of ether oxygens (including phenoxy) is 1. The van der Waals surface area contributed by atoms with Crippen LogP contribution >= 0.6 is 0 Å². The summed E-state index contributed by atoms with van der Waals surface area (Å²) in [5, 5.41) is 13.7. The summed E-state index contributed by atoms with van der Waals surface area (Å²) in [4.78, 5) is 2.37. The van der Waals surface area contributed by atoms with Gasteiger partial charge in [-0.15, -0.1) is 0 Å². The third-order valence-electron chi connectivity index (χ3n) is 4.45. The molecule has 5 nitrogen and oxygen atoms in total. The fraction of sp³-hybridized carbons (Fsp3) is 0.500. The van der Waals surface area contributed by atoms with Gasteiger partial charge in [-0.05, 0) is 45.4 Å². The Morgan fingerprint density at radius 1 is 1.30 bits per heavy atom. The monoisotopic (exact) mass is 315 g/mol.